The molecular weight excluding hydrogens is 210 g/mol. The maximum atomic E-state index is 4.27. The van der Waals surface area contributed by atoms with Gasteiger partial charge in [-0.05, 0) is 24.0 Å². The summed E-state index contributed by atoms with van der Waals surface area (Å²) >= 11 is 0. The van der Waals surface area contributed by atoms with E-state index in [1.54, 1.807) is 12.4 Å². The van der Waals surface area contributed by atoms with Crippen LogP contribution >= 0.6 is 0 Å². The number of hydrogen-bond acceptors (Lipinski definition) is 3. The molecule has 86 valence electrons. The molecule has 0 aliphatic heterocycles. The molecule has 3 rings (SSSR count). The molecule has 1 heterocycles. The summed E-state index contributed by atoms with van der Waals surface area (Å²) in [7, 11) is 0. The molecule has 1 atom stereocenters. The molecule has 0 saturated heterocycles. The van der Waals surface area contributed by atoms with Crippen molar-refractivity contribution in [2.45, 2.75) is 25.4 Å². The van der Waals surface area contributed by atoms with Crippen LogP contribution in [0.15, 0.2) is 42.9 Å². The summed E-state index contributed by atoms with van der Waals surface area (Å²) in [6, 6.07) is 9.13. The molecule has 0 amide bonds. The highest BCUT2D eigenvalue weighted by molar-refractivity contribution is 5.34. The lowest BCUT2D eigenvalue weighted by Gasteiger charge is -2.13. The summed E-state index contributed by atoms with van der Waals surface area (Å²) < 4.78 is 0. The molecule has 1 aromatic heterocycles. The van der Waals surface area contributed by atoms with Crippen molar-refractivity contribution in [2.75, 3.05) is 0 Å². The monoisotopic (exact) mass is 225 g/mol. The number of rotatable bonds is 3. The van der Waals surface area contributed by atoms with Gasteiger partial charge in [-0.25, -0.2) is 0 Å². The minimum Gasteiger partial charge on any atom is -0.304 e. The first-order valence-electron chi connectivity index (χ1n) is 5.99. The topological polar surface area (TPSA) is 37.8 Å². The van der Waals surface area contributed by atoms with Gasteiger partial charge in [-0.1, -0.05) is 24.3 Å². The normalized spacial score (nSPS) is 18.0. The molecule has 0 saturated carbocycles. The largest absolute Gasteiger partial charge is 0.304 e. The SMILES string of the molecule is c1ccc2c(c1)CCC2NCc1cnccn1. The van der Waals surface area contributed by atoms with Gasteiger partial charge in [0.2, 0.25) is 0 Å². The molecule has 2 aromatic rings. The van der Waals surface area contributed by atoms with E-state index in [1.807, 2.05) is 6.20 Å². The maximum Gasteiger partial charge on any atom is 0.0724 e. The molecular formula is C14H15N3. The molecule has 1 aliphatic rings. The van der Waals surface area contributed by atoms with E-state index >= 15 is 0 Å². The molecule has 1 unspecified atom stereocenters. The Kier molecular flexibility index (Phi) is 2.84. The van der Waals surface area contributed by atoms with Crippen LogP contribution in [0.5, 0.6) is 0 Å². The van der Waals surface area contributed by atoms with Crippen LogP contribution < -0.4 is 5.32 Å². The van der Waals surface area contributed by atoms with E-state index in [1.165, 1.54) is 24.0 Å². The van der Waals surface area contributed by atoms with E-state index in [2.05, 4.69) is 39.6 Å². The van der Waals surface area contributed by atoms with Crippen molar-refractivity contribution in [3.8, 4) is 0 Å². The Bertz CT molecular complexity index is 496. The third-order valence-corrected chi connectivity index (χ3v) is 3.28. The Labute approximate surface area is 101 Å². The summed E-state index contributed by atoms with van der Waals surface area (Å²) in [4.78, 5) is 8.34. The Hall–Kier alpha value is -1.74. The van der Waals surface area contributed by atoms with Gasteiger partial charge in [-0.3, -0.25) is 9.97 Å². The number of nitrogens with zero attached hydrogens (tertiary/aromatic N) is 2. The van der Waals surface area contributed by atoms with Gasteiger partial charge in [0.1, 0.15) is 0 Å². The Morgan fingerprint density at radius 3 is 3.06 bits per heavy atom. The first-order chi connectivity index (χ1) is 8.43. The average molecular weight is 225 g/mol. The van der Waals surface area contributed by atoms with Gasteiger partial charge in [0.05, 0.1) is 5.69 Å². The van der Waals surface area contributed by atoms with Crippen molar-refractivity contribution in [3.63, 3.8) is 0 Å². The number of aryl methyl sites for hydroxylation is 1. The summed E-state index contributed by atoms with van der Waals surface area (Å²) in [5, 5.41) is 3.55. The van der Waals surface area contributed by atoms with Crippen LogP contribution in [0.1, 0.15) is 29.3 Å². The van der Waals surface area contributed by atoms with Crippen LogP contribution in [0.3, 0.4) is 0 Å². The minimum atomic E-state index is 0.466. The Balaban J connectivity index is 1.68. The summed E-state index contributed by atoms with van der Waals surface area (Å²) in [5.74, 6) is 0. The number of nitrogens with one attached hydrogen (secondary N) is 1. The fourth-order valence-corrected chi connectivity index (χ4v) is 2.42. The van der Waals surface area contributed by atoms with Crippen molar-refractivity contribution in [1.29, 1.82) is 0 Å². The van der Waals surface area contributed by atoms with Gasteiger partial charge < -0.3 is 5.32 Å². The van der Waals surface area contributed by atoms with Crippen LogP contribution in [0.25, 0.3) is 0 Å². The van der Waals surface area contributed by atoms with Crippen molar-refractivity contribution in [2.24, 2.45) is 0 Å². The molecule has 3 nitrogen and oxygen atoms in total. The van der Waals surface area contributed by atoms with Gasteiger partial charge in [0.15, 0.2) is 0 Å². The molecule has 0 fully saturated rings. The highest BCUT2D eigenvalue weighted by atomic mass is 14.9. The molecule has 17 heavy (non-hydrogen) atoms. The third-order valence-electron chi connectivity index (χ3n) is 3.28. The fourth-order valence-electron chi connectivity index (χ4n) is 2.42. The fraction of sp³-hybridized carbons (Fsp3) is 0.286. The molecule has 0 spiro atoms. The van der Waals surface area contributed by atoms with E-state index in [9.17, 15) is 0 Å². The van der Waals surface area contributed by atoms with Crippen molar-refractivity contribution >= 4 is 0 Å². The van der Waals surface area contributed by atoms with E-state index in [-0.39, 0.29) is 0 Å². The second kappa shape index (κ2) is 4.63. The van der Waals surface area contributed by atoms with Gasteiger partial charge in [-0.2, -0.15) is 0 Å². The van der Waals surface area contributed by atoms with E-state index in [4.69, 9.17) is 0 Å². The van der Waals surface area contributed by atoms with E-state index < -0.39 is 0 Å². The number of benzene rings is 1. The first-order valence-corrected chi connectivity index (χ1v) is 5.99. The lowest BCUT2D eigenvalue weighted by molar-refractivity contribution is 0.524. The zero-order valence-corrected chi connectivity index (χ0v) is 9.63. The molecule has 0 radical (unpaired) electrons. The van der Waals surface area contributed by atoms with Gasteiger partial charge in [0, 0.05) is 31.2 Å². The predicted molar refractivity (Wildman–Crippen MR) is 66.4 cm³/mol. The van der Waals surface area contributed by atoms with Crippen LogP contribution in [0.2, 0.25) is 0 Å². The Morgan fingerprint density at radius 2 is 2.18 bits per heavy atom. The lowest BCUT2D eigenvalue weighted by Crippen LogP contribution is -2.19. The molecule has 3 heteroatoms. The smallest absolute Gasteiger partial charge is 0.0724 e. The Morgan fingerprint density at radius 1 is 1.24 bits per heavy atom. The number of fused-ring (bicyclic) bond motifs is 1. The summed E-state index contributed by atoms with van der Waals surface area (Å²) in [6.07, 6.45) is 7.61. The molecule has 1 aliphatic carbocycles. The molecule has 1 N–H and O–H groups in total. The standard InChI is InChI=1S/C14H15N3/c1-2-4-13-11(3-1)5-6-14(13)17-10-12-9-15-7-8-16-12/h1-4,7-9,14,17H,5-6,10H2. The first kappa shape index (κ1) is 10.4. The molecule has 1 aromatic carbocycles. The zero-order valence-electron chi connectivity index (χ0n) is 9.63. The van der Waals surface area contributed by atoms with Gasteiger partial charge in [0.25, 0.3) is 0 Å². The number of aromatic nitrogens is 2. The summed E-state index contributed by atoms with van der Waals surface area (Å²) in [6.45, 7) is 0.785. The van der Waals surface area contributed by atoms with Gasteiger partial charge in [-0.15, -0.1) is 0 Å². The maximum absolute atomic E-state index is 4.27. The van der Waals surface area contributed by atoms with Crippen LogP contribution in [-0.4, -0.2) is 9.97 Å². The highest BCUT2D eigenvalue weighted by Gasteiger charge is 2.20. The van der Waals surface area contributed by atoms with Crippen molar-refractivity contribution in [1.82, 2.24) is 15.3 Å². The van der Waals surface area contributed by atoms with Crippen LogP contribution in [0, 0.1) is 0 Å². The summed E-state index contributed by atoms with van der Waals surface area (Å²) in [5.41, 5.74) is 3.91. The van der Waals surface area contributed by atoms with E-state index in [0.717, 1.165) is 12.2 Å². The third kappa shape index (κ3) is 2.19. The highest BCUT2D eigenvalue weighted by Crippen LogP contribution is 2.30. The van der Waals surface area contributed by atoms with Crippen LogP contribution in [-0.2, 0) is 13.0 Å². The van der Waals surface area contributed by atoms with Crippen molar-refractivity contribution < 1.29 is 0 Å². The second-order valence-corrected chi connectivity index (χ2v) is 4.37. The quantitative estimate of drug-likeness (QED) is 0.870. The second-order valence-electron chi connectivity index (χ2n) is 4.37. The zero-order chi connectivity index (χ0) is 11.5. The molecule has 0 bridgehead atoms. The van der Waals surface area contributed by atoms with Crippen molar-refractivity contribution in [3.05, 3.63) is 59.7 Å². The van der Waals surface area contributed by atoms with E-state index in [0.29, 0.717) is 6.04 Å². The lowest BCUT2D eigenvalue weighted by atomic mass is 10.1. The van der Waals surface area contributed by atoms with Crippen LogP contribution in [0.4, 0.5) is 0 Å². The number of hydrogen-bond donors (Lipinski definition) is 1. The predicted octanol–water partition coefficient (Wildman–Crippen LogP) is 2.25. The minimum absolute atomic E-state index is 0.466. The average Bonchev–Trinajstić information content (AvgIpc) is 2.81. The van der Waals surface area contributed by atoms with Gasteiger partial charge >= 0.3 is 0 Å².